The van der Waals surface area contributed by atoms with Gasteiger partial charge in [-0.2, -0.15) is 0 Å². The third-order valence-corrected chi connectivity index (χ3v) is 11.3. The molecule has 0 radical (unpaired) electrons. The Kier molecular flexibility index (Phi) is 6.50. The van der Waals surface area contributed by atoms with Crippen LogP contribution in [0.4, 0.5) is 0 Å². The lowest BCUT2D eigenvalue weighted by atomic mass is 9.61. The number of aromatic nitrogens is 1. The molecule has 0 spiro atoms. The van der Waals surface area contributed by atoms with Gasteiger partial charge in [0.15, 0.2) is 0 Å². The number of nitrogens with zero attached hydrogens (tertiary/aromatic N) is 1. The maximum atomic E-state index is 6.89. The number of para-hydroxylation sites is 2. The van der Waals surface area contributed by atoms with Gasteiger partial charge in [-0.3, -0.25) is 0 Å². The second-order valence-electron chi connectivity index (χ2n) is 14.0. The Morgan fingerprint density at radius 1 is 0.358 bits per heavy atom. The van der Waals surface area contributed by atoms with Crippen molar-refractivity contribution in [3.63, 3.8) is 0 Å². The van der Waals surface area contributed by atoms with E-state index >= 15 is 0 Å². The molecule has 0 atom stereocenters. The van der Waals surface area contributed by atoms with Crippen LogP contribution in [0, 0.1) is 0 Å². The molecule has 10 aromatic rings. The molecule has 2 nitrogen and oxygen atoms in total. The van der Waals surface area contributed by atoms with Gasteiger partial charge in [0.1, 0.15) is 11.5 Å². The number of benzene rings is 9. The zero-order valence-electron chi connectivity index (χ0n) is 28.9. The summed E-state index contributed by atoms with van der Waals surface area (Å²) in [5.41, 5.74) is 10.1. The van der Waals surface area contributed by atoms with E-state index in [1.807, 2.05) is 0 Å². The lowest BCUT2D eigenvalue weighted by Crippen LogP contribution is -2.34. The molecule has 0 fully saturated rings. The fourth-order valence-electron chi connectivity index (χ4n) is 9.04. The Hall–Kier alpha value is -6.90. The van der Waals surface area contributed by atoms with Gasteiger partial charge in [-0.05, 0) is 86.3 Å². The van der Waals surface area contributed by atoms with Gasteiger partial charge < -0.3 is 9.30 Å². The average molecular weight is 676 g/mol. The van der Waals surface area contributed by atoms with Crippen molar-refractivity contribution >= 4 is 43.4 Å². The first-order valence-corrected chi connectivity index (χ1v) is 18.3. The predicted octanol–water partition coefficient (Wildman–Crippen LogP) is 13.2. The summed E-state index contributed by atoms with van der Waals surface area (Å²) in [4.78, 5) is 0. The first kappa shape index (κ1) is 29.8. The molecule has 53 heavy (non-hydrogen) atoms. The van der Waals surface area contributed by atoms with Crippen molar-refractivity contribution in [1.82, 2.24) is 4.57 Å². The molecule has 9 aromatic carbocycles. The van der Waals surface area contributed by atoms with Gasteiger partial charge in [-0.15, -0.1) is 0 Å². The normalized spacial score (nSPS) is 13.2. The molecule has 0 saturated heterocycles. The number of hydrogen-bond acceptors (Lipinski definition) is 1. The lowest BCUT2D eigenvalue weighted by molar-refractivity contribution is 0.439. The Morgan fingerprint density at radius 2 is 0.868 bits per heavy atom. The smallest absolute Gasteiger partial charge is 0.132 e. The van der Waals surface area contributed by atoms with E-state index in [4.69, 9.17) is 4.74 Å². The molecule has 0 saturated carbocycles. The highest BCUT2D eigenvalue weighted by Crippen LogP contribution is 2.59. The predicted molar refractivity (Wildman–Crippen MR) is 220 cm³/mol. The van der Waals surface area contributed by atoms with Crippen molar-refractivity contribution in [1.29, 1.82) is 0 Å². The van der Waals surface area contributed by atoms with E-state index in [1.54, 1.807) is 0 Å². The second kappa shape index (κ2) is 11.6. The quantitative estimate of drug-likeness (QED) is 0.181. The fourth-order valence-corrected chi connectivity index (χ4v) is 9.04. The molecule has 1 aromatic heterocycles. The van der Waals surface area contributed by atoms with Crippen LogP contribution >= 0.6 is 0 Å². The zero-order chi connectivity index (χ0) is 34.9. The molecule has 2 heteroatoms. The first-order chi connectivity index (χ1) is 26.3. The summed E-state index contributed by atoms with van der Waals surface area (Å²) in [6, 6.07) is 72.7. The van der Waals surface area contributed by atoms with Crippen LogP contribution in [-0.4, -0.2) is 4.57 Å². The third-order valence-electron chi connectivity index (χ3n) is 11.3. The zero-order valence-corrected chi connectivity index (χ0v) is 28.9. The van der Waals surface area contributed by atoms with Crippen molar-refractivity contribution in [2.75, 3.05) is 0 Å². The highest BCUT2D eigenvalue weighted by Gasteiger charge is 2.47. The molecule has 0 aliphatic carbocycles. The summed E-state index contributed by atoms with van der Waals surface area (Å²) < 4.78 is 9.26. The van der Waals surface area contributed by atoms with Crippen LogP contribution < -0.4 is 4.74 Å². The molecule has 1 aliphatic heterocycles. The Morgan fingerprint density at radius 3 is 1.53 bits per heavy atom. The van der Waals surface area contributed by atoms with Crippen molar-refractivity contribution < 1.29 is 4.74 Å². The van der Waals surface area contributed by atoms with Gasteiger partial charge >= 0.3 is 0 Å². The summed E-state index contributed by atoms with van der Waals surface area (Å²) in [7, 11) is 0. The number of fused-ring (bicyclic) bond motifs is 9. The molecule has 0 N–H and O–H groups in total. The first-order valence-electron chi connectivity index (χ1n) is 18.3. The van der Waals surface area contributed by atoms with E-state index < -0.39 is 5.41 Å². The highest BCUT2D eigenvalue weighted by molar-refractivity contribution is 6.10. The van der Waals surface area contributed by atoms with Gasteiger partial charge in [0.05, 0.1) is 16.4 Å². The van der Waals surface area contributed by atoms with Crippen LogP contribution in [0.5, 0.6) is 11.5 Å². The van der Waals surface area contributed by atoms with Gasteiger partial charge in [0.2, 0.25) is 0 Å². The topological polar surface area (TPSA) is 14.2 Å². The van der Waals surface area contributed by atoms with Crippen LogP contribution in [0.25, 0.3) is 60.2 Å². The summed E-state index contributed by atoms with van der Waals surface area (Å²) in [5, 5.41) is 7.27. The fraction of sp³-hybridized carbons (Fsp3) is 0.0196. The van der Waals surface area contributed by atoms with E-state index in [9.17, 15) is 0 Å². The van der Waals surface area contributed by atoms with Gasteiger partial charge in [0.25, 0.3) is 0 Å². The standard InChI is InChI=1S/C51H33NO/c1-3-15-38(16-4-1)51(49-41-19-9-7-13-35(41)26-31-47(49)53-48-32-27-36-14-8-10-20-42(36)50(48)51)39-28-23-34(24-29-39)37-25-30-46-44(33-37)43-21-11-12-22-45(43)52(46)40-17-5-2-6-18-40/h1-33H. The Bertz CT molecular complexity index is 2930. The SMILES string of the molecule is c1ccc(-n2c3ccccc3c3cc(-c4ccc(C5(c6ccccc6)c6c(ccc7ccccc67)Oc6ccc7ccccc7c65)cc4)ccc32)cc1. The molecule has 1 aliphatic rings. The van der Waals surface area contributed by atoms with E-state index in [2.05, 4.69) is 205 Å². The number of ether oxygens (including phenoxy) is 1. The highest BCUT2D eigenvalue weighted by atomic mass is 16.5. The number of hydrogen-bond donors (Lipinski definition) is 0. The molecule has 11 rings (SSSR count). The molecular formula is C51H33NO. The van der Waals surface area contributed by atoms with E-state index in [0.717, 1.165) is 11.5 Å². The Balaban J connectivity index is 1.17. The largest absolute Gasteiger partial charge is 0.457 e. The maximum Gasteiger partial charge on any atom is 0.132 e. The molecule has 248 valence electrons. The number of rotatable bonds is 4. The summed E-state index contributed by atoms with van der Waals surface area (Å²) in [6.45, 7) is 0. The van der Waals surface area contributed by atoms with E-state index in [-0.39, 0.29) is 0 Å². The van der Waals surface area contributed by atoms with Crippen LogP contribution in [0.1, 0.15) is 22.3 Å². The van der Waals surface area contributed by atoms with E-state index in [0.29, 0.717) is 0 Å². The Labute approximate surface area is 307 Å². The average Bonchev–Trinajstić information content (AvgIpc) is 3.57. The van der Waals surface area contributed by atoms with Crippen LogP contribution in [0.3, 0.4) is 0 Å². The second-order valence-corrected chi connectivity index (χ2v) is 14.0. The van der Waals surface area contributed by atoms with Crippen LogP contribution in [0.2, 0.25) is 0 Å². The molecule has 0 bridgehead atoms. The monoisotopic (exact) mass is 675 g/mol. The van der Waals surface area contributed by atoms with Gasteiger partial charge in [-0.1, -0.05) is 158 Å². The summed E-state index contributed by atoms with van der Waals surface area (Å²) >= 11 is 0. The minimum atomic E-state index is -0.655. The minimum Gasteiger partial charge on any atom is -0.457 e. The van der Waals surface area contributed by atoms with Crippen LogP contribution in [-0.2, 0) is 5.41 Å². The minimum absolute atomic E-state index is 0.655. The summed E-state index contributed by atoms with van der Waals surface area (Å²) in [5.74, 6) is 1.78. The maximum absolute atomic E-state index is 6.89. The van der Waals surface area contributed by atoms with Crippen LogP contribution in [0.15, 0.2) is 200 Å². The third kappa shape index (κ3) is 4.33. The molecule has 0 unspecified atom stereocenters. The van der Waals surface area contributed by atoms with Gasteiger partial charge in [0, 0.05) is 27.6 Å². The molecular weight excluding hydrogens is 643 g/mol. The van der Waals surface area contributed by atoms with Crippen molar-refractivity contribution in [3.05, 3.63) is 222 Å². The van der Waals surface area contributed by atoms with Crippen molar-refractivity contribution in [2.24, 2.45) is 0 Å². The van der Waals surface area contributed by atoms with E-state index in [1.165, 1.54) is 82.4 Å². The summed E-state index contributed by atoms with van der Waals surface area (Å²) in [6.07, 6.45) is 0. The lowest BCUT2D eigenvalue weighted by Gasteiger charge is -2.43. The molecule has 0 amide bonds. The van der Waals surface area contributed by atoms with Crippen molar-refractivity contribution in [2.45, 2.75) is 5.41 Å². The molecule has 2 heterocycles. The van der Waals surface area contributed by atoms with Crippen molar-refractivity contribution in [3.8, 4) is 28.3 Å². The van der Waals surface area contributed by atoms with Gasteiger partial charge in [-0.25, -0.2) is 0 Å².